The summed E-state index contributed by atoms with van der Waals surface area (Å²) < 4.78 is 66.6. The molecule has 3 aromatic rings. The smallest absolute Gasteiger partial charge is 0.304 e. The third kappa shape index (κ3) is 6.00. The third-order valence-corrected chi connectivity index (χ3v) is 7.54. The topological polar surface area (TPSA) is 188 Å². The minimum Gasteiger partial charge on any atom is -0.504 e. The minimum atomic E-state index is -4.02. The number of benzene rings is 2. The molecule has 0 fully saturated rings. The number of nitrogen functional groups attached to an aromatic ring is 1. The minimum absolute atomic E-state index is 0.135. The first kappa shape index (κ1) is 28.4. The first-order valence-electron chi connectivity index (χ1n) is 11.5. The molecular weight excluding hydrogens is 552 g/mol. The van der Waals surface area contributed by atoms with Crippen molar-refractivity contribution in [3.05, 3.63) is 65.4 Å². The summed E-state index contributed by atoms with van der Waals surface area (Å²) in [6.45, 7) is 0.402. The number of hydrogen-bond acceptors (Lipinski definition) is 10. The monoisotopic (exact) mass is 575 g/mol. The molecule has 5 N–H and O–H groups in total. The molecule has 0 spiro atoms. The van der Waals surface area contributed by atoms with Gasteiger partial charge in [-0.1, -0.05) is 0 Å². The van der Waals surface area contributed by atoms with Crippen LogP contribution >= 0.6 is 0 Å². The zero-order valence-electron chi connectivity index (χ0n) is 20.8. The van der Waals surface area contributed by atoms with E-state index in [1.54, 1.807) is 18.2 Å². The number of rotatable bonds is 10. The number of aromatic hydroxyl groups is 1. The molecule has 2 aromatic carbocycles. The van der Waals surface area contributed by atoms with Gasteiger partial charge in [0.2, 0.25) is 11.6 Å². The van der Waals surface area contributed by atoms with E-state index in [1.807, 2.05) is 0 Å². The van der Waals surface area contributed by atoms with Crippen LogP contribution in [0.3, 0.4) is 0 Å². The van der Waals surface area contributed by atoms with Gasteiger partial charge >= 0.3 is 5.97 Å². The quantitative estimate of drug-likeness (QED) is 0.206. The second-order valence-corrected chi connectivity index (χ2v) is 10.8. The maximum atomic E-state index is 15.4. The van der Waals surface area contributed by atoms with Gasteiger partial charge in [0.15, 0.2) is 27.2 Å². The van der Waals surface area contributed by atoms with Crippen LogP contribution < -0.4 is 15.2 Å². The van der Waals surface area contributed by atoms with Crippen molar-refractivity contribution in [3.63, 3.8) is 0 Å². The van der Waals surface area contributed by atoms with E-state index < -0.39 is 63.2 Å². The van der Waals surface area contributed by atoms with Gasteiger partial charge in [-0.15, -0.1) is 0 Å². The van der Waals surface area contributed by atoms with E-state index >= 15 is 4.39 Å². The zero-order valence-corrected chi connectivity index (χ0v) is 21.7. The number of nitrogens with two attached hydrogens (primary N) is 1. The number of phenolic OH excluding ortho intramolecular Hbond substituents is 1. The molecule has 1 unspecified atom stereocenters. The summed E-state index contributed by atoms with van der Waals surface area (Å²) in [5.41, 5.74) is 5.75. The Hall–Kier alpha value is -4.63. The van der Waals surface area contributed by atoms with Crippen molar-refractivity contribution in [3.8, 4) is 28.9 Å². The van der Waals surface area contributed by atoms with E-state index in [9.17, 15) is 22.7 Å². The Morgan fingerprint density at radius 2 is 1.95 bits per heavy atom. The highest BCUT2D eigenvalue weighted by Gasteiger charge is 2.28. The number of carboxylic acids is 1. The van der Waals surface area contributed by atoms with E-state index in [2.05, 4.69) is 9.98 Å². The van der Waals surface area contributed by atoms with Crippen LogP contribution in [0.2, 0.25) is 0 Å². The molecule has 0 amide bonds. The number of aliphatic imine (C=N–C) groups is 1. The van der Waals surface area contributed by atoms with E-state index in [1.165, 1.54) is 24.3 Å². The number of carboxylic acid groups (broad SMARTS) is 1. The van der Waals surface area contributed by atoms with Crippen molar-refractivity contribution in [1.82, 2.24) is 9.88 Å². The van der Waals surface area contributed by atoms with Gasteiger partial charge in [-0.2, -0.15) is 4.39 Å². The number of aliphatic carboxylic acids is 1. The van der Waals surface area contributed by atoms with Crippen LogP contribution in [0.15, 0.2) is 52.5 Å². The molecule has 2 heterocycles. The fourth-order valence-corrected chi connectivity index (χ4v) is 5.00. The van der Waals surface area contributed by atoms with Crippen LogP contribution in [-0.4, -0.2) is 65.9 Å². The largest absolute Gasteiger partial charge is 0.504 e. The maximum Gasteiger partial charge on any atom is 0.304 e. The summed E-state index contributed by atoms with van der Waals surface area (Å²) in [6.07, 6.45) is 0.823. The van der Waals surface area contributed by atoms with Gasteiger partial charge in [-0.05, 0) is 43.4 Å². The van der Waals surface area contributed by atoms with Gasteiger partial charge in [-0.25, -0.2) is 17.8 Å². The number of amidine groups is 1. The van der Waals surface area contributed by atoms with Gasteiger partial charge in [0.1, 0.15) is 17.8 Å². The Labute approximate surface area is 226 Å². The average Bonchev–Trinajstić information content (AvgIpc) is 3.33. The standard InChI is InChI=1S/C25H23F2N5O7S/c1-32-8-7-30-24(32)15-11-14(40(36,37)9-6-20(34)35)3-5-18(15)38-22-16(26)12-31-25(21(22)27)39-19-10-13(23(28)29)2-4-17(19)33/h2-5,7,10-12,24,33H,6,8-9H2,1H3,(H3,28,29)(H,34,35). The second kappa shape index (κ2) is 11.2. The molecule has 0 bridgehead atoms. The van der Waals surface area contributed by atoms with Crippen molar-refractivity contribution >= 4 is 27.9 Å². The maximum absolute atomic E-state index is 15.4. The molecule has 40 heavy (non-hydrogen) atoms. The highest BCUT2D eigenvalue weighted by atomic mass is 32.2. The van der Waals surface area contributed by atoms with Crippen molar-refractivity contribution in [2.75, 3.05) is 19.3 Å². The Bertz CT molecular complexity index is 1630. The number of phenols is 1. The van der Waals surface area contributed by atoms with Crippen LogP contribution in [0.25, 0.3) is 0 Å². The van der Waals surface area contributed by atoms with Crippen LogP contribution in [0, 0.1) is 17.0 Å². The molecule has 1 atom stereocenters. The fraction of sp³-hybridized carbons (Fsp3) is 0.200. The number of carbonyl (C=O) groups is 1. The van der Waals surface area contributed by atoms with Crippen molar-refractivity contribution < 1.29 is 41.7 Å². The lowest BCUT2D eigenvalue weighted by Crippen LogP contribution is -2.20. The molecule has 1 aromatic heterocycles. The van der Waals surface area contributed by atoms with Crippen molar-refractivity contribution in [2.45, 2.75) is 17.5 Å². The lowest BCUT2D eigenvalue weighted by atomic mass is 10.1. The van der Waals surface area contributed by atoms with Gasteiger partial charge < -0.3 is 25.4 Å². The Morgan fingerprint density at radius 1 is 1.20 bits per heavy atom. The summed E-state index contributed by atoms with van der Waals surface area (Å²) in [7, 11) is -2.33. The highest BCUT2D eigenvalue weighted by molar-refractivity contribution is 7.91. The number of sulfone groups is 1. The van der Waals surface area contributed by atoms with Crippen LogP contribution in [0.4, 0.5) is 8.78 Å². The first-order valence-corrected chi connectivity index (χ1v) is 13.2. The number of aromatic nitrogens is 1. The normalized spacial score (nSPS) is 15.2. The highest BCUT2D eigenvalue weighted by Crippen LogP contribution is 2.40. The number of ether oxygens (including phenoxy) is 2. The Kier molecular flexibility index (Phi) is 7.97. The number of hydrogen-bond donors (Lipinski definition) is 4. The summed E-state index contributed by atoms with van der Waals surface area (Å²) in [4.78, 5) is 20.3. The molecular formula is C25H23F2N5O7S. The van der Waals surface area contributed by atoms with Gasteiger partial charge in [0, 0.05) is 23.9 Å². The SMILES string of the molecule is CN1CC=NC1c1cc(S(=O)(=O)CCC(=O)O)ccc1Oc1c(F)cnc(Oc2cc(C(=N)N)ccc2O)c1F. The number of pyridine rings is 1. The summed E-state index contributed by atoms with van der Waals surface area (Å²) in [6, 6.07) is 7.21. The van der Waals surface area contributed by atoms with Crippen LogP contribution in [-0.2, 0) is 14.6 Å². The van der Waals surface area contributed by atoms with E-state index in [0.29, 0.717) is 12.7 Å². The lowest BCUT2D eigenvalue weighted by molar-refractivity contribution is -0.136. The van der Waals surface area contributed by atoms with Crippen LogP contribution in [0.1, 0.15) is 23.7 Å². The predicted molar refractivity (Wildman–Crippen MR) is 138 cm³/mol. The zero-order chi connectivity index (χ0) is 29.2. The summed E-state index contributed by atoms with van der Waals surface area (Å²) in [5.74, 6) is -7.44. The molecule has 4 rings (SSSR count). The molecule has 210 valence electrons. The first-order chi connectivity index (χ1) is 18.9. The second-order valence-electron chi connectivity index (χ2n) is 8.66. The molecule has 0 saturated carbocycles. The molecule has 0 saturated heterocycles. The molecule has 1 aliphatic rings. The third-order valence-electron chi connectivity index (χ3n) is 5.83. The number of nitrogens with one attached hydrogen (secondary N) is 1. The van der Waals surface area contributed by atoms with Crippen molar-refractivity contribution in [1.29, 1.82) is 5.41 Å². The molecule has 0 radical (unpaired) electrons. The molecule has 0 aliphatic carbocycles. The van der Waals surface area contributed by atoms with E-state index in [-0.39, 0.29) is 33.4 Å². The predicted octanol–water partition coefficient (Wildman–Crippen LogP) is 3.20. The van der Waals surface area contributed by atoms with Crippen LogP contribution in [0.5, 0.6) is 28.9 Å². The lowest BCUT2D eigenvalue weighted by Gasteiger charge is -2.22. The molecule has 15 heteroatoms. The average molecular weight is 576 g/mol. The van der Waals surface area contributed by atoms with Gasteiger partial charge in [0.05, 0.1) is 23.3 Å². The molecule has 12 nitrogen and oxygen atoms in total. The fourth-order valence-electron chi connectivity index (χ4n) is 3.74. The van der Waals surface area contributed by atoms with E-state index in [4.69, 9.17) is 25.7 Å². The number of halogens is 2. The summed E-state index contributed by atoms with van der Waals surface area (Å²) >= 11 is 0. The molecule has 1 aliphatic heterocycles. The van der Waals surface area contributed by atoms with E-state index in [0.717, 1.165) is 12.1 Å². The summed E-state index contributed by atoms with van der Waals surface area (Å²) in [5, 5.41) is 26.5. The number of nitrogens with zero attached hydrogens (tertiary/aromatic N) is 3. The Balaban J connectivity index is 1.73. The Morgan fingerprint density at radius 3 is 2.60 bits per heavy atom. The van der Waals surface area contributed by atoms with Gasteiger partial charge in [0.25, 0.3) is 5.88 Å². The van der Waals surface area contributed by atoms with Gasteiger partial charge in [-0.3, -0.25) is 20.1 Å². The van der Waals surface area contributed by atoms with Crippen molar-refractivity contribution in [2.24, 2.45) is 10.7 Å².